The fourth-order valence-corrected chi connectivity index (χ4v) is 2.63. The minimum Gasteiger partial charge on any atom is -0.454 e. The van der Waals surface area contributed by atoms with Gasteiger partial charge in [-0.05, 0) is 31.2 Å². The lowest BCUT2D eigenvalue weighted by molar-refractivity contribution is -0.118. The SMILES string of the molecule is CC(C(=O)Nc1ccc2c(c1)OCO2)n1cnc2ccccc21. The van der Waals surface area contributed by atoms with Crippen molar-refractivity contribution in [2.75, 3.05) is 12.1 Å². The summed E-state index contributed by atoms with van der Waals surface area (Å²) in [5.41, 5.74) is 2.48. The van der Waals surface area contributed by atoms with Gasteiger partial charge in [-0.3, -0.25) is 4.79 Å². The largest absolute Gasteiger partial charge is 0.454 e. The van der Waals surface area contributed by atoms with Crippen LogP contribution in [0.1, 0.15) is 13.0 Å². The van der Waals surface area contributed by atoms with E-state index in [1.165, 1.54) is 0 Å². The zero-order chi connectivity index (χ0) is 15.8. The molecule has 2 aromatic carbocycles. The lowest BCUT2D eigenvalue weighted by Crippen LogP contribution is -2.23. The normalized spacial score (nSPS) is 14.0. The highest BCUT2D eigenvalue weighted by atomic mass is 16.7. The Kier molecular flexibility index (Phi) is 3.15. The van der Waals surface area contributed by atoms with Gasteiger partial charge in [-0.2, -0.15) is 0 Å². The van der Waals surface area contributed by atoms with Crippen molar-refractivity contribution in [2.24, 2.45) is 0 Å². The third kappa shape index (κ3) is 2.38. The number of ether oxygens (including phenoxy) is 2. The molecule has 2 heterocycles. The maximum absolute atomic E-state index is 12.5. The molecule has 4 rings (SSSR count). The van der Waals surface area contributed by atoms with Gasteiger partial charge in [-0.25, -0.2) is 4.98 Å². The van der Waals surface area contributed by atoms with Crippen LogP contribution in [0.15, 0.2) is 48.8 Å². The summed E-state index contributed by atoms with van der Waals surface area (Å²) in [4.78, 5) is 16.8. The van der Waals surface area contributed by atoms with Crippen LogP contribution in [0, 0.1) is 0 Å². The van der Waals surface area contributed by atoms with Crippen molar-refractivity contribution in [2.45, 2.75) is 13.0 Å². The minimum absolute atomic E-state index is 0.119. The van der Waals surface area contributed by atoms with E-state index in [0.29, 0.717) is 17.2 Å². The highest BCUT2D eigenvalue weighted by Gasteiger charge is 2.19. The molecular formula is C17H15N3O3. The van der Waals surface area contributed by atoms with Crippen molar-refractivity contribution in [3.05, 3.63) is 48.8 Å². The second-order valence-corrected chi connectivity index (χ2v) is 5.37. The molecule has 0 bridgehead atoms. The number of amides is 1. The Balaban J connectivity index is 1.57. The Morgan fingerprint density at radius 1 is 1.22 bits per heavy atom. The minimum atomic E-state index is -0.382. The van der Waals surface area contributed by atoms with E-state index in [2.05, 4.69) is 10.3 Å². The number of nitrogens with one attached hydrogen (secondary N) is 1. The van der Waals surface area contributed by atoms with E-state index < -0.39 is 0 Å². The molecule has 0 spiro atoms. The smallest absolute Gasteiger partial charge is 0.247 e. The molecule has 6 heteroatoms. The number of imidazole rings is 1. The van der Waals surface area contributed by atoms with Gasteiger partial charge in [0.2, 0.25) is 12.7 Å². The Labute approximate surface area is 132 Å². The first kappa shape index (κ1) is 13.6. The molecule has 1 aliphatic rings. The first-order valence-corrected chi connectivity index (χ1v) is 7.34. The molecule has 1 unspecified atom stereocenters. The van der Waals surface area contributed by atoms with Crippen molar-refractivity contribution >= 4 is 22.6 Å². The maximum atomic E-state index is 12.5. The van der Waals surface area contributed by atoms with Crippen LogP contribution in [0.3, 0.4) is 0 Å². The molecule has 0 fully saturated rings. The average molecular weight is 309 g/mol. The van der Waals surface area contributed by atoms with Gasteiger partial charge in [-0.15, -0.1) is 0 Å². The second kappa shape index (κ2) is 5.31. The highest BCUT2D eigenvalue weighted by Crippen LogP contribution is 2.34. The van der Waals surface area contributed by atoms with E-state index in [0.717, 1.165) is 11.0 Å². The van der Waals surface area contributed by atoms with Gasteiger partial charge in [0.25, 0.3) is 0 Å². The molecule has 1 aliphatic heterocycles. The first-order valence-electron chi connectivity index (χ1n) is 7.34. The van der Waals surface area contributed by atoms with Gasteiger partial charge in [0.1, 0.15) is 6.04 Å². The quantitative estimate of drug-likeness (QED) is 0.808. The number of benzene rings is 2. The first-order chi connectivity index (χ1) is 11.2. The number of rotatable bonds is 3. The van der Waals surface area contributed by atoms with Gasteiger partial charge in [0, 0.05) is 11.8 Å². The number of fused-ring (bicyclic) bond motifs is 2. The third-order valence-corrected chi connectivity index (χ3v) is 3.92. The Bertz CT molecular complexity index is 888. The van der Waals surface area contributed by atoms with Crippen LogP contribution < -0.4 is 14.8 Å². The van der Waals surface area contributed by atoms with Crippen molar-refractivity contribution < 1.29 is 14.3 Å². The number of carbonyl (C=O) groups excluding carboxylic acids is 1. The van der Waals surface area contributed by atoms with Crippen LogP contribution >= 0.6 is 0 Å². The summed E-state index contributed by atoms with van der Waals surface area (Å²) in [6.45, 7) is 2.06. The van der Waals surface area contributed by atoms with Gasteiger partial charge < -0.3 is 19.4 Å². The van der Waals surface area contributed by atoms with Crippen molar-refractivity contribution in [3.8, 4) is 11.5 Å². The zero-order valence-corrected chi connectivity index (χ0v) is 12.5. The molecule has 1 amide bonds. The molecule has 0 radical (unpaired) electrons. The summed E-state index contributed by atoms with van der Waals surface area (Å²) >= 11 is 0. The number of aromatic nitrogens is 2. The van der Waals surface area contributed by atoms with E-state index in [9.17, 15) is 4.79 Å². The third-order valence-electron chi connectivity index (χ3n) is 3.92. The lowest BCUT2D eigenvalue weighted by atomic mass is 10.2. The van der Waals surface area contributed by atoms with Gasteiger partial charge >= 0.3 is 0 Å². The number of para-hydroxylation sites is 2. The number of hydrogen-bond acceptors (Lipinski definition) is 4. The molecule has 0 saturated heterocycles. The van der Waals surface area contributed by atoms with E-state index in [4.69, 9.17) is 9.47 Å². The molecular weight excluding hydrogens is 294 g/mol. The van der Waals surface area contributed by atoms with Gasteiger partial charge in [0.05, 0.1) is 17.4 Å². The molecule has 116 valence electrons. The Hall–Kier alpha value is -3.02. The van der Waals surface area contributed by atoms with Gasteiger partial charge in [-0.1, -0.05) is 12.1 Å². The summed E-state index contributed by atoms with van der Waals surface area (Å²) in [5, 5.41) is 2.90. The Morgan fingerprint density at radius 3 is 2.96 bits per heavy atom. The van der Waals surface area contributed by atoms with Crippen molar-refractivity contribution in [1.82, 2.24) is 9.55 Å². The number of carbonyl (C=O) groups is 1. The van der Waals surface area contributed by atoms with Crippen LogP contribution in [0.25, 0.3) is 11.0 Å². The molecule has 23 heavy (non-hydrogen) atoms. The fraction of sp³-hybridized carbons (Fsp3) is 0.176. The number of anilines is 1. The van der Waals surface area contributed by atoms with Crippen molar-refractivity contribution in [3.63, 3.8) is 0 Å². The summed E-state index contributed by atoms with van der Waals surface area (Å²) < 4.78 is 12.4. The maximum Gasteiger partial charge on any atom is 0.247 e. The lowest BCUT2D eigenvalue weighted by Gasteiger charge is -2.14. The van der Waals surface area contributed by atoms with Crippen LogP contribution in [0.5, 0.6) is 11.5 Å². The summed E-state index contributed by atoms with van der Waals surface area (Å²) in [5.74, 6) is 1.22. The molecule has 0 aliphatic carbocycles. The highest BCUT2D eigenvalue weighted by molar-refractivity contribution is 5.94. The number of nitrogens with zero attached hydrogens (tertiary/aromatic N) is 2. The van der Waals surface area contributed by atoms with E-state index >= 15 is 0 Å². The van der Waals surface area contributed by atoms with Crippen LogP contribution in [-0.4, -0.2) is 22.3 Å². The molecule has 3 aromatic rings. The van der Waals surface area contributed by atoms with Crippen molar-refractivity contribution in [1.29, 1.82) is 0 Å². The second-order valence-electron chi connectivity index (χ2n) is 5.37. The van der Waals surface area contributed by atoms with Gasteiger partial charge in [0.15, 0.2) is 11.5 Å². The standard InChI is InChI=1S/C17H15N3O3/c1-11(20-9-18-13-4-2-3-5-14(13)20)17(21)19-12-6-7-15-16(8-12)23-10-22-15/h2-9,11H,10H2,1H3,(H,19,21). The Morgan fingerprint density at radius 2 is 2.04 bits per heavy atom. The summed E-state index contributed by atoms with van der Waals surface area (Å²) in [6.07, 6.45) is 1.69. The monoisotopic (exact) mass is 309 g/mol. The molecule has 1 N–H and O–H groups in total. The predicted octanol–water partition coefficient (Wildman–Crippen LogP) is 2.96. The topological polar surface area (TPSA) is 65.4 Å². The summed E-state index contributed by atoms with van der Waals surface area (Å²) in [6, 6.07) is 12.7. The van der Waals surface area contributed by atoms with Crippen LogP contribution in [0.2, 0.25) is 0 Å². The van der Waals surface area contributed by atoms with Crippen LogP contribution in [0.4, 0.5) is 5.69 Å². The predicted molar refractivity (Wildman–Crippen MR) is 85.6 cm³/mol. The van der Waals surface area contributed by atoms with E-state index in [-0.39, 0.29) is 18.7 Å². The zero-order valence-electron chi connectivity index (χ0n) is 12.5. The molecule has 1 atom stereocenters. The fourth-order valence-electron chi connectivity index (χ4n) is 2.63. The molecule has 1 aromatic heterocycles. The molecule has 0 saturated carbocycles. The van der Waals surface area contributed by atoms with Crippen LogP contribution in [-0.2, 0) is 4.79 Å². The van der Waals surface area contributed by atoms with E-state index in [1.807, 2.05) is 35.8 Å². The summed E-state index contributed by atoms with van der Waals surface area (Å²) in [7, 11) is 0. The molecule has 6 nitrogen and oxygen atoms in total. The number of hydrogen-bond donors (Lipinski definition) is 1. The average Bonchev–Trinajstić information content (AvgIpc) is 3.20. The van der Waals surface area contributed by atoms with E-state index in [1.54, 1.807) is 24.5 Å².